The third kappa shape index (κ3) is 1.92. The van der Waals surface area contributed by atoms with E-state index in [9.17, 15) is 0 Å². The Morgan fingerprint density at radius 1 is 0.409 bits per heavy atom. The largest absolute Gasteiger partial charge is 0.229 e. The van der Waals surface area contributed by atoms with Gasteiger partial charge in [0.1, 0.15) is 11.2 Å². The second-order valence-corrected chi connectivity index (χ2v) is 10.4. The van der Waals surface area contributed by atoms with E-state index in [4.69, 9.17) is 9.78 Å². The molecule has 0 saturated heterocycles. The van der Waals surface area contributed by atoms with Gasteiger partial charge in [-0.1, -0.05) is 0 Å². The second-order valence-electron chi connectivity index (χ2n) is 10.4. The van der Waals surface area contributed by atoms with Crippen LogP contribution in [0.1, 0.15) is 77.0 Å². The van der Waals surface area contributed by atoms with E-state index in [2.05, 4.69) is 0 Å². The fraction of sp³-hybridized carbons (Fsp3) is 1.00. The van der Waals surface area contributed by atoms with Gasteiger partial charge in [-0.3, -0.25) is 0 Å². The molecule has 0 aromatic carbocycles. The summed E-state index contributed by atoms with van der Waals surface area (Å²) in [7, 11) is 0. The van der Waals surface area contributed by atoms with Crippen LogP contribution >= 0.6 is 0 Å². The molecule has 0 aromatic heterocycles. The van der Waals surface area contributed by atoms with Crippen LogP contribution in [0.3, 0.4) is 0 Å². The van der Waals surface area contributed by atoms with Crippen molar-refractivity contribution in [2.75, 3.05) is 0 Å². The molecule has 8 rings (SSSR count). The summed E-state index contributed by atoms with van der Waals surface area (Å²) < 4.78 is 0. The Morgan fingerprint density at radius 2 is 0.636 bits per heavy atom. The van der Waals surface area contributed by atoms with Crippen LogP contribution < -0.4 is 0 Å². The summed E-state index contributed by atoms with van der Waals surface area (Å²) in [5.74, 6) is 5.70. The van der Waals surface area contributed by atoms with E-state index in [0.717, 1.165) is 35.5 Å². The third-order valence-electron chi connectivity index (χ3n) is 8.36. The van der Waals surface area contributed by atoms with Crippen molar-refractivity contribution in [3.63, 3.8) is 0 Å². The lowest BCUT2D eigenvalue weighted by Crippen LogP contribution is -2.56. The van der Waals surface area contributed by atoms with Gasteiger partial charge in [-0.05, 0) is 113 Å². The third-order valence-corrected chi connectivity index (χ3v) is 8.36. The SMILES string of the molecule is C1C2CC3CC1CC(OOC14CC5CC(CC(C5)C1)C4)(C2)C3. The van der Waals surface area contributed by atoms with Crippen molar-refractivity contribution in [1.82, 2.24) is 0 Å². The fourth-order valence-corrected chi connectivity index (χ4v) is 8.44. The van der Waals surface area contributed by atoms with Gasteiger partial charge >= 0.3 is 0 Å². The van der Waals surface area contributed by atoms with Crippen LogP contribution in [0.2, 0.25) is 0 Å². The molecule has 2 heteroatoms. The van der Waals surface area contributed by atoms with E-state index in [1.54, 1.807) is 0 Å². The summed E-state index contributed by atoms with van der Waals surface area (Å²) in [6.07, 6.45) is 16.7. The van der Waals surface area contributed by atoms with Crippen LogP contribution in [0, 0.1) is 35.5 Å². The minimum absolute atomic E-state index is 0.123. The van der Waals surface area contributed by atoms with Gasteiger partial charge in [0, 0.05) is 0 Å². The number of rotatable bonds is 3. The maximum atomic E-state index is 6.43. The lowest BCUT2D eigenvalue weighted by atomic mass is 9.54. The van der Waals surface area contributed by atoms with Gasteiger partial charge in [0.25, 0.3) is 0 Å². The van der Waals surface area contributed by atoms with Gasteiger partial charge in [0.05, 0.1) is 0 Å². The molecular formula is C20H30O2. The first kappa shape index (κ1) is 13.2. The molecule has 122 valence electrons. The van der Waals surface area contributed by atoms with Gasteiger partial charge in [-0.25, -0.2) is 9.78 Å². The fourth-order valence-electron chi connectivity index (χ4n) is 8.44. The smallest absolute Gasteiger partial charge is 0.104 e. The highest BCUT2D eigenvalue weighted by atomic mass is 17.2. The molecule has 8 fully saturated rings. The topological polar surface area (TPSA) is 18.5 Å². The van der Waals surface area contributed by atoms with Gasteiger partial charge in [-0.2, -0.15) is 0 Å². The van der Waals surface area contributed by atoms with Gasteiger partial charge in [0.15, 0.2) is 0 Å². The van der Waals surface area contributed by atoms with E-state index < -0.39 is 0 Å². The molecule has 8 saturated carbocycles. The second kappa shape index (κ2) is 4.30. The molecule has 8 bridgehead atoms. The molecule has 0 aromatic rings. The normalized spacial score (nSPS) is 61.1. The van der Waals surface area contributed by atoms with Crippen molar-refractivity contribution in [3.8, 4) is 0 Å². The minimum atomic E-state index is 0.123. The van der Waals surface area contributed by atoms with Crippen LogP contribution in [-0.2, 0) is 9.78 Å². The summed E-state index contributed by atoms with van der Waals surface area (Å²) in [6.45, 7) is 0. The molecule has 0 unspecified atom stereocenters. The summed E-state index contributed by atoms with van der Waals surface area (Å²) in [5, 5.41) is 0. The first-order chi connectivity index (χ1) is 10.7. The maximum absolute atomic E-state index is 6.43. The van der Waals surface area contributed by atoms with Gasteiger partial charge in [0.2, 0.25) is 0 Å². The van der Waals surface area contributed by atoms with Crippen molar-refractivity contribution in [3.05, 3.63) is 0 Å². The van der Waals surface area contributed by atoms with Crippen molar-refractivity contribution >= 4 is 0 Å². The van der Waals surface area contributed by atoms with Crippen molar-refractivity contribution < 1.29 is 9.78 Å². The summed E-state index contributed by atoms with van der Waals surface area (Å²) in [5.41, 5.74) is 0.246. The molecule has 0 radical (unpaired) electrons. The lowest BCUT2D eigenvalue weighted by molar-refractivity contribution is -0.448. The number of hydrogen-bond acceptors (Lipinski definition) is 2. The first-order valence-electron chi connectivity index (χ1n) is 10.0. The Kier molecular flexibility index (Phi) is 2.59. The molecule has 0 spiro atoms. The van der Waals surface area contributed by atoms with Crippen LogP contribution in [0.5, 0.6) is 0 Å². The zero-order valence-electron chi connectivity index (χ0n) is 13.8. The van der Waals surface area contributed by atoms with Crippen molar-refractivity contribution in [1.29, 1.82) is 0 Å². The molecule has 22 heavy (non-hydrogen) atoms. The zero-order valence-corrected chi connectivity index (χ0v) is 13.8. The Hall–Kier alpha value is -0.0800. The predicted molar refractivity (Wildman–Crippen MR) is 84.0 cm³/mol. The van der Waals surface area contributed by atoms with Crippen LogP contribution in [0.4, 0.5) is 0 Å². The van der Waals surface area contributed by atoms with E-state index in [1.165, 1.54) is 77.0 Å². The Balaban J connectivity index is 1.20. The molecule has 8 aliphatic carbocycles. The number of hydrogen-bond donors (Lipinski definition) is 0. The van der Waals surface area contributed by atoms with E-state index in [1.807, 2.05) is 0 Å². The Morgan fingerprint density at radius 3 is 0.864 bits per heavy atom. The van der Waals surface area contributed by atoms with E-state index in [-0.39, 0.29) is 11.2 Å². The van der Waals surface area contributed by atoms with Crippen LogP contribution in [0.15, 0.2) is 0 Å². The average molecular weight is 302 g/mol. The average Bonchev–Trinajstić information content (AvgIpc) is 2.42. The molecular weight excluding hydrogens is 272 g/mol. The monoisotopic (exact) mass is 302 g/mol. The summed E-state index contributed by atoms with van der Waals surface area (Å²) >= 11 is 0. The maximum Gasteiger partial charge on any atom is 0.104 e. The van der Waals surface area contributed by atoms with Gasteiger partial charge in [-0.15, -0.1) is 0 Å². The van der Waals surface area contributed by atoms with E-state index in [0.29, 0.717) is 0 Å². The van der Waals surface area contributed by atoms with Crippen LogP contribution in [0.25, 0.3) is 0 Å². The quantitative estimate of drug-likeness (QED) is 0.547. The standard InChI is InChI=1S/C20H30O2/c1-13-2-15-3-14(1)8-19(7-13,9-15)21-22-20-10-16-4-17(11-20)6-18(5-16)12-20/h13-18H,1-12H2. The molecule has 0 aliphatic heterocycles. The summed E-state index contributed by atoms with van der Waals surface area (Å²) in [6, 6.07) is 0. The predicted octanol–water partition coefficient (Wildman–Crippen LogP) is 4.87. The highest BCUT2D eigenvalue weighted by molar-refractivity contribution is 5.04. The highest BCUT2D eigenvalue weighted by Gasteiger charge is 2.56. The molecule has 2 nitrogen and oxygen atoms in total. The lowest BCUT2D eigenvalue weighted by Gasteiger charge is -2.58. The Bertz CT molecular complexity index is 368. The molecule has 0 amide bonds. The zero-order chi connectivity index (χ0) is 14.4. The van der Waals surface area contributed by atoms with Crippen molar-refractivity contribution in [2.24, 2.45) is 35.5 Å². The van der Waals surface area contributed by atoms with E-state index >= 15 is 0 Å². The molecule has 0 atom stereocenters. The van der Waals surface area contributed by atoms with Gasteiger partial charge < -0.3 is 0 Å². The minimum Gasteiger partial charge on any atom is -0.229 e. The first-order valence-corrected chi connectivity index (χ1v) is 10.0. The van der Waals surface area contributed by atoms with Crippen LogP contribution in [-0.4, -0.2) is 11.2 Å². The Labute approximate surface area is 134 Å². The molecule has 0 N–H and O–H groups in total. The molecule has 8 aliphatic rings. The summed E-state index contributed by atoms with van der Waals surface area (Å²) in [4.78, 5) is 12.9. The van der Waals surface area contributed by atoms with Crippen molar-refractivity contribution in [2.45, 2.75) is 88.3 Å². The molecule has 0 heterocycles. The highest BCUT2D eigenvalue weighted by Crippen LogP contribution is 2.60.